The number of methoxy groups -OCH3 is 2. The maximum atomic E-state index is 14.1. The molecule has 1 N–H and O–H groups in total. The van der Waals surface area contributed by atoms with Crippen molar-refractivity contribution < 1.29 is 27.5 Å². The van der Waals surface area contributed by atoms with Gasteiger partial charge in [0.15, 0.2) is 11.5 Å². The fourth-order valence-electron chi connectivity index (χ4n) is 4.27. The first-order valence-electron chi connectivity index (χ1n) is 12.7. The van der Waals surface area contributed by atoms with Crippen LogP contribution in [0.5, 0.6) is 11.5 Å². The van der Waals surface area contributed by atoms with Gasteiger partial charge in [-0.1, -0.05) is 59.6 Å². The molecule has 1 atom stereocenters. The van der Waals surface area contributed by atoms with Gasteiger partial charge in [-0.15, -0.1) is 0 Å². The van der Waals surface area contributed by atoms with Crippen LogP contribution in [-0.4, -0.2) is 64.7 Å². The second-order valence-corrected chi connectivity index (χ2v) is 11.9. The molecule has 0 fully saturated rings. The van der Waals surface area contributed by atoms with Gasteiger partial charge in [-0.25, -0.2) is 8.42 Å². The van der Waals surface area contributed by atoms with Crippen LogP contribution in [0, 0.1) is 0 Å². The Bertz CT molecular complexity index is 1470. The summed E-state index contributed by atoms with van der Waals surface area (Å²) in [5.41, 5.74) is 1.65. The first-order chi connectivity index (χ1) is 19.5. The van der Waals surface area contributed by atoms with E-state index in [9.17, 15) is 18.0 Å². The predicted molar refractivity (Wildman–Crippen MR) is 161 cm³/mol. The Hall–Kier alpha value is -3.47. The highest BCUT2D eigenvalue weighted by atomic mass is 35.5. The number of carbonyl (C=O) groups excluding carboxylic acids is 2. The number of sulfonamides is 1. The summed E-state index contributed by atoms with van der Waals surface area (Å²) in [5, 5.41) is 3.44. The maximum Gasteiger partial charge on any atom is 0.244 e. The van der Waals surface area contributed by atoms with E-state index in [1.807, 2.05) is 30.3 Å². The molecular formula is C29H33Cl2N3O6S. The molecule has 3 rings (SSSR count). The van der Waals surface area contributed by atoms with E-state index in [1.165, 1.54) is 31.3 Å². The van der Waals surface area contributed by atoms with Gasteiger partial charge in [0.25, 0.3) is 0 Å². The van der Waals surface area contributed by atoms with Gasteiger partial charge in [0, 0.05) is 25.6 Å². The minimum atomic E-state index is -3.94. The Morgan fingerprint density at radius 1 is 0.902 bits per heavy atom. The van der Waals surface area contributed by atoms with Crippen molar-refractivity contribution in [2.75, 3.05) is 37.9 Å². The van der Waals surface area contributed by atoms with E-state index in [0.29, 0.717) is 28.6 Å². The van der Waals surface area contributed by atoms with E-state index < -0.39 is 28.5 Å². The Balaban J connectivity index is 2.08. The molecule has 0 saturated heterocycles. The highest BCUT2D eigenvalue weighted by Gasteiger charge is 2.33. The van der Waals surface area contributed by atoms with Crippen molar-refractivity contribution >= 4 is 50.7 Å². The van der Waals surface area contributed by atoms with Crippen molar-refractivity contribution in [2.45, 2.75) is 25.9 Å². The molecule has 0 bridgehead atoms. The number of nitrogens with one attached hydrogen (secondary N) is 1. The number of nitrogens with zero attached hydrogens (tertiary/aromatic N) is 2. The summed E-state index contributed by atoms with van der Waals surface area (Å²) in [6.07, 6.45) is 1.21. The molecule has 0 unspecified atom stereocenters. The molecule has 3 aromatic carbocycles. The van der Waals surface area contributed by atoms with E-state index in [4.69, 9.17) is 32.7 Å². The molecule has 0 spiro atoms. The van der Waals surface area contributed by atoms with Crippen molar-refractivity contribution in [3.8, 4) is 11.5 Å². The van der Waals surface area contributed by atoms with Gasteiger partial charge in [-0.3, -0.25) is 13.9 Å². The normalized spacial score (nSPS) is 11.9. The highest BCUT2D eigenvalue weighted by molar-refractivity contribution is 7.92. The third-order valence-corrected chi connectivity index (χ3v) is 8.17. The molecule has 0 radical (unpaired) electrons. The smallest absolute Gasteiger partial charge is 0.244 e. The maximum absolute atomic E-state index is 14.1. The zero-order valence-corrected chi connectivity index (χ0v) is 25.6. The number of halogens is 2. The lowest BCUT2D eigenvalue weighted by molar-refractivity contribution is -0.140. The zero-order valence-electron chi connectivity index (χ0n) is 23.3. The number of anilines is 1. The number of likely N-dealkylation sites (N-methyl/N-ethyl adjacent to an activating group) is 1. The second kappa shape index (κ2) is 14.4. The average Bonchev–Trinajstić information content (AvgIpc) is 2.95. The fourth-order valence-corrected chi connectivity index (χ4v) is 5.44. The van der Waals surface area contributed by atoms with Gasteiger partial charge in [-0.2, -0.15) is 0 Å². The third-order valence-electron chi connectivity index (χ3n) is 6.29. The van der Waals surface area contributed by atoms with Crippen LogP contribution >= 0.6 is 23.2 Å². The van der Waals surface area contributed by atoms with Gasteiger partial charge in [0.1, 0.15) is 12.6 Å². The number of carbonyl (C=O) groups is 2. The molecule has 0 saturated carbocycles. The summed E-state index contributed by atoms with van der Waals surface area (Å²) in [7, 11) is -1.05. The largest absolute Gasteiger partial charge is 0.493 e. The Morgan fingerprint density at radius 3 is 2.17 bits per heavy atom. The van der Waals surface area contributed by atoms with E-state index in [1.54, 1.807) is 31.2 Å². The van der Waals surface area contributed by atoms with Crippen LogP contribution in [0.3, 0.4) is 0 Å². The number of ether oxygens (including phenoxy) is 2. The molecule has 0 aromatic heterocycles. The number of rotatable bonds is 13. The Labute approximate surface area is 251 Å². The first-order valence-corrected chi connectivity index (χ1v) is 15.3. The van der Waals surface area contributed by atoms with Crippen molar-refractivity contribution in [1.29, 1.82) is 0 Å². The SMILES string of the molecule is CCNC(=O)[C@H](Cc1ccccc1)N(Cc1ccc(Cl)c(Cl)c1)C(=O)CN(c1ccc(OC)c(OC)c1)S(C)(=O)=O. The summed E-state index contributed by atoms with van der Waals surface area (Å²) in [4.78, 5) is 28.8. The van der Waals surface area contributed by atoms with Crippen LogP contribution in [0.2, 0.25) is 10.0 Å². The lowest BCUT2D eigenvalue weighted by atomic mass is 10.0. The van der Waals surface area contributed by atoms with Crippen LogP contribution in [0.15, 0.2) is 66.7 Å². The summed E-state index contributed by atoms with van der Waals surface area (Å²) in [5.74, 6) is -0.273. The van der Waals surface area contributed by atoms with Crippen LogP contribution in [0.1, 0.15) is 18.1 Å². The van der Waals surface area contributed by atoms with Gasteiger partial charge in [0.05, 0.1) is 36.2 Å². The summed E-state index contributed by atoms with van der Waals surface area (Å²) in [6, 6.07) is 17.8. The van der Waals surface area contributed by atoms with Gasteiger partial charge >= 0.3 is 0 Å². The van der Waals surface area contributed by atoms with E-state index in [0.717, 1.165) is 16.1 Å². The molecule has 9 nitrogen and oxygen atoms in total. The average molecular weight is 623 g/mol. The minimum Gasteiger partial charge on any atom is -0.493 e. The number of hydrogen-bond acceptors (Lipinski definition) is 6. The lowest BCUT2D eigenvalue weighted by Crippen LogP contribution is -2.53. The zero-order chi connectivity index (χ0) is 30.2. The standard InChI is InChI=1S/C29H33Cl2N3O6S/c1-5-32-29(36)25(16-20-9-7-6-8-10-20)33(18-21-11-13-23(30)24(31)15-21)28(35)19-34(41(4,37)38)22-12-14-26(39-2)27(17-22)40-3/h6-15,17,25H,5,16,18-19H2,1-4H3,(H,32,36)/t25-/m0/s1. The minimum absolute atomic E-state index is 0.0199. The van der Waals surface area contributed by atoms with Crippen LogP contribution in [0.4, 0.5) is 5.69 Å². The van der Waals surface area contributed by atoms with Crippen molar-refractivity contribution in [2.24, 2.45) is 0 Å². The van der Waals surface area contributed by atoms with Gasteiger partial charge in [0.2, 0.25) is 21.8 Å². The van der Waals surface area contributed by atoms with Crippen LogP contribution in [-0.2, 0) is 32.6 Å². The quantitative estimate of drug-likeness (QED) is 0.300. The van der Waals surface area contributed by atoms with Gasteiger partial charge in [-0.05, 0) is 42.3 Å². The van der Waals surface area contributed by atoms with Crippen molar-refractivity contribution in [3.05, 3.63) is 87.9 Å². The number of benzene rings is 3. The molecule has 0 aliphatic carbocycles. The van der Waals surface area contributed by atoms with Gasteiger partial charge < -0.3 is 19.7 Å². The second-order valence-electron chi connectivity index (χ2n) is 9.18. The first kappa shape index (κ1) is 32.0. The Morgan fingerprint density at radius 2 is 1.59 bits per heavy atom. The van der Waals surface area contributed by atoms with Crippen LogP contribution in [0.25, 0.3) is 0 Å². The number of hydrogen-bond donors (Lipinski definition) is 1. The molecule has 0 aliphatic heterocycles. The Kier molecular flexibility index (Phi) is 11.3. The van der Waals surface area contributed by atoms with E-state index in [-0.39, 0.29) is 29.6 Å². The topological polar surface area (TPSA) is 105 Å². The highest BCUT2D eigenvalue weighted by Crippen LogP contribution is 2.32. The molecule has 2 amide bonds. The fraction of sp³-hybridized carbons (Fsp3) is 0.310. The summed E-state index contributed by atoms with van der Waals surface area (Å²) in [6.45, 7) is 1.54. The van der Waals surface area contributed by atoms with Crippen LogP contribution < -0.4 is 19.1 Å². The van der Waals surface area contributed by atoms with E-state index in [2.05, 4.69) is 5.32 Å². The molecule has 12 heteroatoms. The molecule has 3 aromatic rings. The summed E-state index contributed by atoms with van der Waals surface area (Å²) >= 11 is 12.4. The van der Waals surface area contributed by atoms with E-state index >= 15 is 0 Å². The molecule has 0 heterocycles. The van der Waals surface area contributed by atoms with Crippen molar-refractivity contribution in [1.82, 2.24) is 10.2 Å². The monoisotopic (exact) mass is 621 g/mol. The third kappa shape index (κ3) is 8.51. The molecule has 220 valence electrons. The predicted octanol–water partition coefficient (Wildman–Crippen LogP) is 4.55. The lowest BCUT2D eigenvalue weighted by Gasteiger charge is -2.33. The number of amides is 2. The molecular weight excluding hydrogens is 589 g/mol. The van der Waals surface area contributed by atoms with Crippen molar-refractivity contribution in [3.63, 3.8) is 0 Å². The molecule has 41 heavy (non-hydrogen) atoms. The summed E-state index contributed by atoms with van der Waals surface area (Å²) < 4.78 is 37.5. The molecule has 0 aliphatic rings.